The molecule has 0 bridgehead atoms. The summed E-state index contributed by atoms with van der Waals surface area (Å²) in [6, 6.07) is 35.2. The number of nitrogens with one attached hydrogen (secondary N) is 1. The number of hydrogen-bond donors (Lipinski definition) is 1. The highest BCUT2D eigenvalue weighted by molar-refractivity contribution is 7.84. The molecule has 0 spiro atoms. The maximum Gasteiger partial charge on any atom is 0.0979 e. The van der Waals surface area contributed by atoms with E-state index in [0.29, 0.717) is 17.8 Å². The second-order valence-corrected chi connectivity index (χ2v) is 17.3. The van der Waals surface area contributed by atoms with Crippen LogP contribution in [0, 0.1) is 0 Å². The molecule has 222 valence electrons. The maximum atomic E-state index is 14.0. The van der Waals surface area contributed by atoms with Crippen molar-refractivity contribution in [2.45, 2.75) is 90.9 Å². The minimum absolute atomic E-state index is 0.227. The minimum Gasteiger partial charge on any atom is -0.242 e. The molecule has 4 heteroatoms. The van der Waals surface area contributed by atoms with E-state index in [9.17, 15) is 4.21 Å². The van der Waals surface area contributed by atoms with E-state index >= 15 is 0 Å². The number of hydrogen-bond acceptors (Lipinski definition) is 1. The average Bonchev–Trinajstić information content (AvgIpc) is 2.96. The Labute approximate surface area is 258 Å². The van der Waals surface area contributed by atoms with Crippen molar-refractivity contribution >= 4 is 34.8 Å². The molecule has 0 radical (unpaired) electrons. The van der Waals surface area contributed by atoms with E-state index < -0.39 is 23.7 Å². The summed E-state index contributed by atoms with van der Waals surface area (Å²) in [5, 5.41) is 3.92. The fraction of sp³-hybridized carbons (Fsp3) is 0.368. The summed E-state index contributed by atoms with van der Waals surface area (Å²) in [5.41, 5.74) is 6.53. The Morgan fingerprint density at radius 2 is 1.07 bits per heavy atom. The summed E-state index contributed by atoms with van der Waals surface area (Å²) in [5.74, 6) is 1.07. The zero-order chi connectivity index (χ0) is 30.6. The maximum absolute atomic E-state index is 14.0. The lowest BCUT2D eigenvalue weighted by atomic mass is 9.80. The van der Waals surface area contributed by atoms with Crippen LogP contribution < -0.4 is 20.6 Å². The quantitative estimate of drug-likeness (QED) is 0.182. The van der Waals surface area contributed by atoms with Gasteiger partial charge in [0.15, 0.2) is 0 Å². The van der Waals surface area contributed by atoms with Crippen LogP contribution in [0.1, 0.15) is 114 Å². The second kappa shape index (κ2) is 13.8. The third-order valence-corrected chi connectivity index (χ3v) is 11.8. The summed E-state index contributed by atoms with van der Waals surface area (Å²) in [6.07, 6.45) is 0. The molecular weight excluding hydrogens is 549 g/mol. The predicted molar refractivity (Wildman–Crippen MR) is 187 cm³/mol. The molecule has 4 aromatic carbocycles. The van der Waals surface area contributed by atoms with Crippen molar-refractivity contribution in [3.8, 4) is 0 Å². The molecule has 1 N–H and O–H groups in total. The zero-order valence-corrected chi connectivity index (χ0v) is 28.5. The smallest absolute Gasteiger partial charge is 0.0979 e. The van der Waals surface area contributed by atoms with E-state index in [-0.39, 0.29) is 6.04 Å². The molecule has 42 heavy (non-hydrogen) atoms. The van der Waals surface area contributed by atoms with Gasteiger partial charge in [0.05, 0.1) is 21.8 Å². The van der Waals surface area contributed by atoms with E-state index in [2.05, 4.69) is 164 Å². The van der Waals surface area contributed by atoms with Crippen molar-refractivity contribution in [3.63, 3.8) is 0 Å². The first-order valence-corrected chi connectivity index (χ1v) is 17.7. The minimum atomic E-state index is -1.28. The van der Waals surface area contributed by atoms with E-state index in [0.717, 1.165) is 0 Å². The summed E-state index contributed by atoms with van der Waals surface area (Å²) >= 11 is 0. The highest BCUT2D eigenvalue weighted by Crippen LogP contribution is 2.42. The molecule has 0 aliphatic carbocycles. The molecule has 0 unspecified atom stereocenters. The van der Waals surface area contributed by atoms with Crippen LogP contribution in [0.4, 0.5) is 0 Å². The van der Waals surface area contributed by atoms with Gasteiger partial charge in [0.2, 0.25) is 0 Å². The highest BCUT2D eigenvalue weighted by Gasteiger charge is 2.32. The van der Waals surface area contributed by atoms with Gasteiger partial charge in [0.1, 0.15) is 0 Å². The third-order valence-electron chi connectivity index (χ3n) is 7.76. The zero-order valence-electron chi connectivity index (χ0n) is 26.8. The SMILES string of the molecule is CC(C)c1cc(C(C)C)c([C@H](N[S@](=O)C(C)(C)C)c2ccccc2P(c2ccccc2)c2ccccc2)c(C(C)C)c1. The van der Waals surface area contributed by atoms with Crippen molar-refractivity contribution in [1.29, 1.82) is 0 Å². The molecule has 0 saturated heterocycles. The molecule has 0 aliphatic rings. The van der Waals surface area contributed by atoms with E-state index in [1.54, 1.807) is 0 Å². The van der Waals surface area contributed by atoms with Crippen molar-refractivity contribution in [2.24, 2.45) is 0 Å². The van der Waals surface area contributed by atoms with E-state index in [1.807, 2.05) is 0 Å². The van der Waals surface area contributed by atoms with Crippen molar-refractivity contribution in [3.05, 3.63) is 125 Å². The molecule has 2 atom stereocenters. The van der Waals surface area contributed by atoms with Crippen LogP contribution in [0.2, 0.25) is 0 Å². The molecule has 0 fully saturated rings. The number of rotatable bonds is 10. The van der Waals surface area contributed by atoms with Gasteiger partial charge < -0.3 is 0 Å². The van der Waals surface area contributed by atoms with E-state index in [1.165, 1.54) is 43.7 Å². The van der Waals surface area contributed by atoms with Crippen molar-refractivity contribution in [2.75, 3.05) is 0 Å². The van der Waals surface area contributed by atoms with Gasteiger partial charge in [0, 0.05) is 0 Å². The van der Waals surface area contributed by atoms with Gasteiger partial charge in [-0.05, 0) is 90.2 Å². The van der Waals surface area contributed by atoms with Crippen LogP contribution in [-0.2, 0) is 11.0 Å². The van der Waals surface area contributed by atoms with Crippen molar-refractivity contribution in [1.82, 2.24) is 4.72 Å². The fourth-order valence-corrected chi connectivity index (χ4v) is 8.73. The largest absolute Gasteiger partial charge is 0.242 e. The third kappa shape index (κ3) is 7.31. The Bertz CT molecular complexity index is 1420. The molecule has 0 aromatic heterocycles. The first-order chi connectivity index (χ1) is 19.9. The number of benzene rings is 4. The van der Waals surface area contributed by atoms with Crippen LogP contribution >= 0.6 is 7.92 Å². The average molecular weight is 598 g/mol. The molecule has 0 saturated carbocycles. The molecule has 2 nitrogen and oxygen atoms in total. The van der Waals surface area contributed by atoms with E-state index in [4.69, 9.17) is 0 Å². The van der Waals surface area contributed by atoms with Gasteiger partial charge in [-0.15, -0.1) is 0 Å². The Balaban J connectivity index is 2.07. The first-order valence-electron chi connectivity index (χ1n) is 15.2. The first kappa shape index (κ1) is 32.3. The van der Waals surface area contributed by atoms with Crippen LogP contribution in [0.15, 0.2) is 97.1 Å². The summed E-state index contributed by atoms with van der Waals surface area (Å²) in [6.45, 7) is 19.9. The Kier molecular flexibility index (Phi) is 10.6. The van der Waals surface area contributed by atoms with Crippen LogP contribution in [-0.4, -0.2) is 8.96 Å². The topological polar surface area (TPSA) is 29.1 Å². The van der Waals surface area contributed by atoms with Gasteiger partial charge >= 0.3 is 0 Å². The molecule has 0 aliphatic heterocycles. The summed E-state index contributed by atoms with van der Waals surface area (Å²) < 4.78 is 17.3. The summed E-state index contributed by atoms with van der Waals surface area (Å²) in [4.78, 5) is 0. The van der Waals surface area contributed by atoms with Gasteiger partial charge in [-0.25, -0.2) is 8.93 Å². The summed E-state index contributed by atoms with van der Waals surface area (Å²) in [7, 11) is -2.13. The lowest BCUT2D eigenvalue weighted by molar-refractivity contribution is 0.619. The van der Waals surface area contributed by atoms with Gasteiger partial charge in [-0.3, -0.25) is 0 Å². The van der Waals surface area contributed by atoms with Crippen LogP contribution in [0.3, 0.4) is 0 Å². The van der Waals surface area contributed by atoms with Gasteiger partial charge in [-0.2, -0.15) is 0 Å². The fourth-order valence-electron chi connectivity index (χ4n) is 5.42. The van der Waals surface area contributed by atoms with Crippen LogP contribution in [0.5, 0.6) is 0 Å². The lowest BCUT2D eigenvalue weighted by Crippen LogP contribution is -2.39. The second-order valence-electron chi connectivity index (χ2n) is 13.1. The van der Waals surface area contributed by atoms with Gasteiger partial charge in [0.25, 0.3) is 0 Å². The Morgan fingerprint density at radius 1 is 0.619 bits per heavy atom. The monoisotopic (exact) mass is 597 g/mol. The van der Waals surface area contributed by atoms with Crippen molar-refractivity contribution < 1.29 is 4.21 Å². The molecular formula is C38H48NOPS. The lowest BCUT2D eigenvalue weighted by Gasteiger charge is -2.33. The predicted octanol–water partition coefficient (Wildman–Crippen LogP) is 8.96. The molecule has 0 amide bonds. The van der Waals surface area contributed by atoms with Crippen LogP contribution in [0.25, 0.3) is 0 Å². The molecule has 4 rings (SSSR count). The normalized spacial score (nSPS) is 13.7. The van der Waals surface area contributed by atoms with Gasteiger partial charge in [-0.1, -0.05) is 139 Å². The Morgan fingerprint density at radius 3 is 1.50 bits per heavy atom. The highest BCUT2D eigenvalue weighted by atomic mass is 32.2. The molecule has 0 heterocycles. The standard InChI is InChI=1S/C38H48NOPS/c1-26(2)29-24-33(27(3)4)36(34(25-29)28(5)6)37(39-42(40)38(7,8)9)32-22-16-17-23-35(32)41(30-18-12-10-13-19-30)31-20-14-11-15-21-31/h10-28,37,39H,1-9H3/t37-,42-/m1/s1. The molecule has 4 aromatic rings. The Hall–Kier alpha value is -2.58.